The van der Waals surface area contributed by atoms with Gasteiger partial charge in [0.05, 0.1) is 10.0 Å². The van der Waals surface area contributed by atoms with Crippen molar-refractivity contribution < 1.29 is 4.79 Å². The quantitative estimate of drug-likeness (QED) is 0.682. The molecular weight excluding hydrogens is 271 g/mol. The summed E-state index contributed by atoms with van der Waals surface area (Å²) >= 11 is 11.6. The summed E-state index contributed by atoms with van der Waals surface area (Å²) in [6.45, 7) is 3.65. The lowest BCUT2D eigenvalue weighted by Crippen LogP contribution is -2.30. The van der Waals surface area contributed by atoms with Crippen LogP contribution >= 0.6 is 23.2 Å². The van der Waals surface area contributed by atoms with Crippen molar-refractivity contribution in [1.29, 1.82) is 5.26 Å². The number of halogens is 2. The van der Waals surface area contributed by atoms with Crippen molar-refractivity contribution in [3.05, 3.63) is 39.4 Å². The van der Waals surface area contributed by atoms with E-state index in [0.717, 1.165) is 0 Å². The molecular formula is C13H12Cl2N2O. The molecule has 0 aliphatic carbocycles. The van der Waals surface area contributed by atoms with Crippen LogP contribution in [0.15, 0.2) is 23.8 Å². The van der Waals surface area contributed by atoms with E-state index in [4.69, 9.17) is 28.5 Å². The average molecular weight is 283 g/mol. The first kappa shape index (κ1) is 14.6. The van der Waals surface area contributed by atoms with Crippen LogP contribution in [0.1, 0.15) is 19.4 Å². The third-order valence-corrected chi connectivity index (χ3v) is 2.78. The standard InChI is InChI=1S/C13H12Cl2N2O/c1-8(2)17-13(18)10(7-16)5-9-3-4-11(14)12(15)6-9/h3-6,8H,1-2H3,(H,17,18)/b10-5-. The van der Waals surface area contributed by atoms with Gasteiger partial charge in [-0.15, -0.1) is 0 Å². The summed E-state index contributed by atoms with van der Waals surface area (Å²) in [5.74, 6) is -0.404. The van der Waals surface area contributed by atoms with Gasteiger partial charge in [0.2, 0.25) is 0 Å². The molecule has 0 fully saturated rings. The molecule has 1 amide bonds. The lowest BCUT2D eigenvalue weighted by molar-refractivity contribution is -0.117. The van der Waals surface area contributed by atoms with Crippen LogP contribution in [0.2, 0.25) is 10.0 Å². The molecule has 18 heavy (non-hydrogen) atoms. The van der Waals surface area contributed by atoms with Crippen LogP contribution in [-0.4, -0.2) is 11.9 Å². The number of nitrogens with zero attached hydrogens (tertiary/aromatic N) is 1. The fraction of sp³-hybridized carbons (Fsp3) is 0.231. The van der Waals surface area contributed by atoms with Crippen molar-refractivity contribution in [3.8, 4) is 6.07 Å². The zero-order valence-corrected chi connectivity index (χ0v) is 11.5. The molecule has 0 atom stereocenters. The fourth-order valence-electron chi connectivity index (χ4n) is 1.26. The highest BCUT2D eigenvalue weighted by molar-refractivity contribution is 6.42. The number of amides is 1. The minimum absolute atomic E-state index is 0.0249. The Morgan fingerprint density at radius 1 is 1.39 bits per heavy atom. The Bertz CT molecular complexity index is 530. The minimum atomic E-state index is -0.404. The highest BCUT2D eigenvalue weighted by Gasteiger charge is 2.10. The molecule has 1 aromatic carbocycles. The van der Waals surface area contributed by atoms with Gasteiger partial charge in [-0.3, -0.25) is 4.79 Å². The molecule has 1 aromatic rings. The Kier molecular flexibility index (Phi) is 5.21. The Labute approximate surface area is 116 Å². The fourth-order valence-corrected chi connectivity index (χ4v) is 1.56. The Morgan fingerprint density at radius 2 is 2.06 bits per heavy atom. The van der Waals surface area contributed by atoms with Crippen LogP contribution in [0.4, 0.5) is 0 Å². The molecule has 0 aliphatic heterocycles. The number of benzene rings is 1. The Morgan fingerprint density at radius 3 is 2.56 bits per heavy atom. The second-order valence-electron chi connectivity index (χ2n) is 3.97. The van der Waals surface area contributed by atoms with Gasteiger partial charge in [-0.25, -0.2) is 0 Å². The van der Waals surface area contributed by atoms with Crippen LogP contribution in [0.3, 0.4) is 0 Å². The molecule has 0 spiro atoms. The summed E-state index contributed by atoms with van der Waals surface area (Å²) in [5.41, 5.74) is 0.682. The monoisotopic (exact) mass is 282 g/mol. The van der Waals surface area contributed by atoms with Crippen molar-refractivity contribution in [2.75, 3.05) is 0 Å². The summed E-state index contributed by atoms with van der Waals surface area (Å²) in [4.78, 5) is 11.7. The number of nitrogens with one attached hydrogen (secondary N) is 1. The summed E-state index contributed by atoms with van der Waals surface area (Å²) < 4.78 is 0. The van der Waals surface area contributed by atoms with E-state index in [-0.39, 0.29) is 11.6 Å². The third-order valence-electron chi connectivity index (χ3n) is 2.04. The SMILES string of the molecule is CC(C)NC(=O)/C(C#N)=C\c1ccc(Cl)c(Cl)c1. The minimum Gasteiger partial charge on any atom is -0.349 e. The molecule has 1 rings (SSSR count). The summed E-state index contributed by atoms with van der Waals surface area (Å²) in [6, 6.07) is 6.74. The van der Waals surface area contributed by atoms with Gasteiger partial charge in [-0.1, -0.05) is 29.3 Å². The van der Waals surface area contributed by atoms with Crippen LogP contribution in [0.25, 0.3) is 6.08 Å². The van der Waals surface area contributed by atoms with E-state index in [0.29, 0.717) is 15.6 Å². The summed E-state index contributed by atoms with van der Waals surface area (Å²) in [6.07, 6.45) is 1.47. The highest BCUT2D eigenvalue weighted by atomic mass is 35.5. The molecule has 0 aromatic heterocycles. The zero-order valence-electron chi connectivity index (χ0n) is 10.00. The average Bonchev–Trinajstić information content (AvgIpc) is 2.29. The predicted octanol–water partition coefficient (Wildman–Crippen LogP) is 3.42. The van der Waals surface area contributed by atoms with Crippen molar-refractivity contribution in [1.82, 2.24) is 5.32 Å². The van der Waals surface area contributed by atoms with Crippen LogP contribution < -0.4 is 5.32 Å². The zero-order chi connectivity index (χ0) is 13.7. The van der Waals surface area contributed by atoms with Gasteiger partial charge in [0.1, 0.15) is 11.6 Å². The second kappa shape index (κ2) is 6.44. The maximum atomic E-state index is 11.7. The lowest BCUT2D eigenvalue weighted by atomic mass is 10.1. The molecule has 3 nitrogen and oxygen atoms in total. The summed E-state index contributed by atoms with van der Waals surface area (Å²) in [5, 5.41) is 12.4. The van der Waals surface area contributed by atoms with Gasteiger partial charge in [-0.05, 0) is 37.6 Å². The van der Waals surface area contributed by atoms with Gasteiger partial charge in [0, 0.05) is 6.04 Å². The molecule has 0 aliphatic rings. The molecule has 0 saturated carbocycles. The number of carbonyl (C=O) groups is 1. The van der Waals surface area contributed by atoms with E-state index in [1.807, 2.05) is 19.9 Å². The van der Waals surface area contributed by atoms with Gasteiger partial charge < -0.3 is 5.32 Å². The number of rotatable bonds is 3. The Balaban J connectivity index is 3.01. The van der Waals surface area contributed by atoms with Crippen molar-refractivity contribution in [3.63, 3.8) is 0 Å². The predicted molar refractivity (Wildman–Crippen MR) is 73.3 cm³/mol. The van der Waals surface area contributed by atoms with Crippen molar-refractivity contribution in [2.24, 2.45) is 0 Å². The first-order valence-corrected chi connectivity index (χ1v) is 6.07. The van der Waals surface area contributed by atoms with Crippen LogP contribution in [0, 0.1) is 11.3 Å². The first-order chi connectivity index (χ1) is 8.43. The molecule has 1 N–H and O–H groups in total. The van der Waals surface area contributed by atoms with E-state index < -0.39 is 5.91 Å². The largest absolute Gasteiger partial charge is 0.349 e. The number of hydrogen-bond acceptors (Lipinski definition) is 2. The van der Waals surface area contributed by atoms with E-state index in [2.05, 4.69) is 5.32 Å². The van der Waals surface area contributed by atoms with E-state index >= 15 is 0 Å². The topological polar surface area (TPSA) is 52.9 Å². The number of hydrogen-bond donors (Lipinski definition) is 1. The van der Waals surface area contributed by atoms with Crippen molar-refractivity contribution >= 4 is 35.2 Å². The number of nitriles is 1. The smallest absolute Gasteiger partial charge is 0.262 e. The van der Waals surface area contributed by atoms with E-state index in [1.165, 1.54) is 6.08 Å². The number of carbonyl (C=O) groups excluding carboxylic acids is 1. The first-order valence-electron chi connectivity index (χ1n) is 5.31. The van der Waals surface area contributed by atoms with E-state index in [1.54, 1.807) is 18.2 Å². The lowest BCUT2D eigenvalue weighted by Gasteiger charge is -2.07. The maximum absolute atomic E-state index is 11.7. The molecule has 5 heteroatoms. The van der Waals surface area contributed by atoms with Gasteiger partial charge >= 0.3 is 0 Å². The molecule has 0 saturated heterocycles. The molecule has 0 bridgehead atoms. The molecule has 0 radical (unpaired) electrons. The highest BCUT2D eigenvalue weighted by Crippen LogP contribution is 2.23. The van der Waals surface area contributed by atoms with Gasteiger partial charge in [0.15, 0.2) is 0 Å². The normalized spacial score (nSPS) is 11.2. The van der Waals surface area contributed by atoms with Crippen LogP contribution in [-0.2, 0) is 4.79 Å². The van der Waals surface area contributed by atoms with Gasteiger partial charge in [-0.2, -0.15) is 5.26 Å². The molecule has 0 heterocycles. The third kappa shape index (κ3) is 4.06. The maximum Gasteiger partial charge on any atom is 0.262 e. The molecule has 0 unspecified atom stereocenters. The van der Waals surface area contributed by atoms with Crippen molar-refractivity contribution in [2.45, 2.75) is 19.9 Å². The van der Waals surface area contributed by atoms with Gasteiger partial charge in [0.25, 0.3) is 5.91 Å². The Hall–Kier alpha value is -1.50. The summed E-state index contributed by atoms with van der Waals surface area (Å²) in [7, 11) is 0. The molecule has 94 valence electrons. The second-order valence-corrected chi connectivity index (χ2v) is 4.79. The van der Waals surface area contributed by atoms with E-state index in [9.17, 15) is 4.79 Å². The van der Waals surface area contributed by atoms with Crippen LogP contribution in [0.5, 0.6) is 0 Å².